The molecule has 0 aliphatic heterocycles. The van der Waals surface area contributed by atoms with Crippen LogP contribution in [0.5, 0.6) is 11.5 Å². The number of nitrogens with one attached hydrogen (secondary N) is 3. The number of hydrogen-bond donors (Lipinski definition) is 3. The van der Waals surface area contributed by atoms with Crippen LogP contribution in [-0.4, -0.2) is 39.7 Å². The fourth-order valence-corrected chi connectivity index (χ4v) is 2.88. The maximum Gasteiger partial charge on any atom is 0.253 e. The summed E-state index contributed by atoms with van der Waals surface area (Å²) in [6.07, 6.45) is 0. The fourth-order valence-electron chi connectivity index (χ4n) is 2.88. The van der Waals surface area contributed by atoms with Crippen molar-refractivity contribution in [1.82, 2.24) is 19.6 Å². The molecule has 0 unspecified atom stereocenters. The summed E-state index contributed by atoms with van der Waals surface area (Å²) in [5, 5.41) is 9.09. The SMILES string of the molecule is COc1cc2nc3nc(Nc4cccc(NC(C)=O)c4)[nH]n3c2cc1OC. The van der Waals surface area contributed by atoms with Crippen LogP contribution in [0.1, 0.15) is 6.92 Å². The van der Waals surface area contributed by atoms with Crippen LogP contribution in [0.4, 0.5) is 17.3 Å². The van der Waals surface area contributed by atoms with E-state index in [0.29, 0.717) is 28.9 Å². The lowest BCUT2D eigenvalue weighted by Gasteiger charge is -2.07. The molecule has 0 saturated heterocycles. The monoisotopic (exact) mass is 366 g/mol. The maximum atomic E-state index is 11.2. The minimum Gasteiger partial charge on any atom is -0.493 e. The molecule has 2 heterocycles. The van der Waals surface area contributed by atoms with Crippen molar-refractivity contribution in [2.75, 3.05) is 24.9 Å². The molecule has 0 bridgehead atoms. The highest BCUT2D eigenvalue weighted by atomic mass is 16.5. The molecule has 3 N–H and O–H groups in total. The van der Waals surface area contributed by atoms with Gasteiger partial charge in [0.15, 0.2) is 11.5 Å². The van der Waals surface area contributed by atoms with Gasteiger partial charge < -0.3 is 20.1 Å². The lowest BCUT2D eigenvalue weighted by Crippen LogP contribution is -2.05. The summed E-state index contributed by atoms with van der Waals surface area (Å²) >= 11 is 0. The predicted molar refractivity (Wildman–Crippen MR) is 102 cm³/mol. The number of H-pyrrole nitrogens is 1. The van der Waals surface area contributed by atoms with E-state index < -0.39 is 0 Å². The van der Waals surface area contributed by atoms with Crippen LogP contribution in [-0.2, 0) is 4.79 Å². The van der Waals surface area contributed by atoms with Gasteiger partial charge in [-0.3, -0.25) is 9.89 Å². The van der Waals surface area contributed by atoms with Gasteiger partial charge in [-0.2, -0.15) is 4.98 Å². The third-order valence-corrected chi connectivity index (χ3v) is 4.02. The highest BCUT2D eigenvalue weighted by molar-refractivity contribution is 5.89. The Bertz CT molecular complexity index is 1150. The summed E-state index contributed by atoms with van der Waals surface area (Å²) in [7, 11) is 3.17. The summed E-state index contributed by atoms with van der Waals surface area (Å²) in [6, 6.07) is 11.0. The number of rotatable bonds is 5. The van der Waals surface area contributed by atoms with Crippen molar-refractivity contribution in [3.8, 4) is 11.5 Å². The number of hydrogen-bond acceptors (Lipinski definition) is 6. The van der Waals surface area contributed by atoms with Crippen molar-refractivity contribution in [3.05, 3.63) is 36.4 Å². The van der Waals surface area contributed by atoms with Crippen LogP contribution in [0.3, 0.4) is 0 Å². The van der Waals surface area contributed by atoms with E-state index in [1.54, 1.807) is 24.8 Å². The molecule has 1 amide bonds. The second-order valence-electron chi connectivity index (χ2n) is 5.90. The Labute approximate surface area is 154 Å². The zero-order chi connectivity index (χ0) is 19.0. The topological polar surface area (TPSA) is 106 Å². The van der Waals surface area contributed by atoms with Gasteiger partial charge in [-0.25, -0.2) is 9.50 Å². The highest BCUT2D eigenvalue weighted by Gasteiger charge is 2.14. The van der Waals surface area contributed by atoms with E-state index in [2.05, 4.69) is 25.7 Å². The Morgan fingerprint density at radius 3 is 2.56 bits per heavy atom. The van der Waals surface area contributed by atoms with Gasteiger partial charge in [-0.05, 0) is 18.2 Å². The van der Waals surface area contributed by atoms with E-state index in [1.165, 1.54) is 6.92 Å². The Balaban J connectivity index is 1.69. The minimum absolute atomic E-state index is 0.125. The number of carbonyl (C=O) groups is 1. The molecule has 0 aliphatic carbocycles. The van der Waals surface area contributed by atoms with Crippen molar-refractivity contribution in [2.45, 2.75) is 6.92 Å². The lowest BCUT2D eigenvalue weighted by atomic mass is 10.2. The Morgan fingerprint density at radius 2 is 1.81 bits per heavy atom. The largest absolute Gasteiger partial charge is 0.493 e. The molecule has 0 atom stereocenters. The number of anilines is 3. The number of benzene rings is 2. The van der Waals surface area contributed by atoms with Gasteiger partial charge >= 0.3 is 0 Å². The Morgan fingerprint density at radius 1 is 1.07 bits per heavy atom. The van der Waals surface area contributed by atoms with E-state index >= 15 is 0 Å². The van der Waals surface area contributed by atoms with Crippen molar-refractivity contribution in [3.63, 3.8) is 0 Å². The van der Waals surface area contributed by atoms with Crippen LogP contribution >= 0.6 is 0 Å². The third kappa shape index (κ3) is 3.10. The predicted octanol–water partition coefficient (Wildman–Crippen LogP) is 2.93. The number of ether oxygens (including phenoxy) is 2. The van der Waals surface area contributed by atoms with Crippen molar-refractivity contribution in [1.29, 1.82) is 0 Å². The maximum absolute atomic E-state index is 11.2. The molecule has 4 aromatic rings. The summed E-state index contributed by atoms with van der Waals surface area (Å²) < 4.78 is 12.4. The smallest absolute Gasteiger partial charge is 0.253 e. The molecule has 4 rings (SSSR count). The highest BCUT2D eigenvalue weighted by Crippen LogP contribution is 2.32. The molecule has 2 aromatic carbocycles. The fraction of sp³-hybridized carbons (Fsp3) is 0.167. The normalized spacial score (nSPS) is 10.9. The molecular formula is C18H18N6O3. The zero-order valence-electron chi connectivity index (χ0n) is 15.0. The number of aromatic nitrogens is 4. The quantitative estimate of drug-likeness (QED) is 0.501. The lowest BCUT2D eigenvalue weighted by molar-refractivity contribution is -0.114. The van der Waals surface area contributed by atoms with Gasteiger partial charge in [0.05, 0.1) is 25.3 Å². The van der Waals surface area contributed by atoms with E-state index in [-0.39, 0.29) is 5.91 Å². The van der Waals surface area contributed by atoms with Crippen LogP contribution in [0.2, 0.25) is 0 Å². The number of aromatic amines is 1. The number of nitrogens with zero attached hydrogens (tertiary/aromatic N) is 3. The second-order valence-corrected chi connectivity index (χ2v) is 5.90. The van der Waals surface area contributed by atoms with Gasteiger partial charge in [0.1, 0.15) is 0 Å². The third-order valence-electron chi connectivity index (χ3n) is 4.02. The second kappa shape index (κ2) is 6.52. The minimum atomic E-state index is -0.125. The van der Waals surface area contributed by atoms with Gasteiger partial charge in [-0.15, -0.1) is 0 Å². The van der Waals surface area contributed by atoms with Crippen LogP contribution < -0.4 is 20.1 Å². The summed E-state index contributed by atoms with van der Waals surface area (Å²) in [4.78, 5) is 20.2. The molecule has 0 fully saturated rings. The van der Waals surface area contributed by atoms with Crippen LogP contribution in [0.25, 0.3) is 16.8 Å². The van der Waals surface area contributed by atoms with Crippen molar-refractivity contribution in [2.24, 2.45) is 0 Å². The molecule has 0 aliphatic rings. The van der Waals surface area contributed by atoms with Gasteiger partial charge in [0.25, 0.3) is 5.78 Å². The molecule has 27 heavy (non-hydrogen) atoms. The van der Waals surface area contributed by atoms with E-state index in [9.17, 15) is 4.79 Å². The van der Waals surface area contributed by atoms with Gasteiger partial charge in [-0.1, -0.05) is 6.07 Å². The average Bonchev–Trinajstić information content (AvgIpc) is 3.17. The summed E-state index contributed by atoms with van der Waals surface area (Å²) in [6.45, 7) is 1.47. The molecule has 2 aromatic heterocycles. The first-order chi connectivity index (χ1) is 13.1. The zero-order valence-corrected chi connectivity index (χ0v) is 15.0. The van der Waals surface area contributed by atoms with Crippen molar-refractivity contribution < 1.29 is 14.3 Å². The first-order valence-electron chi connectivity index (χ1n) is 8.22. The average molecular weight is 366 g/mol. The Hall–Kier alpha value is -3.75. The first kappa shape index (κ1) is 16.7. The van der Waals surface area contributed by atoms with Crippen molar-refractivity contribution >= 4 is 40.0 Å². The molecular weight excluding hydrogens is 348 g/mol. The molecule has 0 spiro atoms. The van der Waals surface area contributed by atoms with E-state index in [0.717, 1.165) is 16.7 Å². The van der Waals surface area contributed by atoms with E-state index in [4.69, 9.17) is 9.47 Å². The van der Waals surface area contributed by atoms with Crippen LogP contribution in [0, 0.1) is 0 Å². The molecule has 0 radical (unpaired) electrons. The number of imidazole rings is 1. The Kier molecular flexibility index (Phi) is 4.03. The van der Waals surface area contributed by atoms with Gasteiger partial charge in [0, 0.05) is 30.4 Å². The van der Waals surface area contributed by atoms with Gasteiger partial charge in [0.2, 0.25) is 11.9 Å². The summed E-state index contributed by atoms with van der Waals surface area (Å²) in [5.74, 6) is 2.13. The first-order valence-corrected chi connectivity index (χ1v) is 8.22. The standard InChI is InChI=1S/C18H18N6O3/c1-10(25)19-11-5-4-6-12(7-11)20-17-22-18-21-13-8-15(26-2)16(27-3)9-14(13)24(18)23-17/h4-9H,1-3H3,(H,19,25)(H2,20,21,22,23). The number of amides is 1. The molecule has 0 saturated carbocycles. The number of fused-ring (bicyclic) bond motifs is 3. The molecule has 9 nitrogen and oxygen atoms in total. The number of carbonyl (C=O) groups excluding carboxylic acids is 1. The van der Waals surface area contributed by atoms with E-state index in [1.807, 2.05) is 30.3 Å². The summed E-state index contributed by atoms with van der Waals surface area (Å²) in [5.41, 5.74) is 3.04. The molecule has 9 heteroatoms. The molecule has 138 valence electrons. The van der Waals surface area contributed by atoms with Crippen LogP contribution in [0.15, 0.2) is 36.4 Å². The number of methoxy groups -OCH3 is 2.